The van der Waals surface area contributed by atoms with Gasteiger partial charge in [-0.15, -0.1) is 0 Å². The third-order valence-electron chi connectivity index (χ3n) is 4.81. The highest BCUT2D eigenvalue weighted by Crippen LogP contribution is 2.27. The first kappa shape index (κ1) is 15.5. The predicted molar refractivity (Wildman–Crippen MR) is 87.8 cm³/mol. The molecule has 2 heterocycles. The van der Waals surface area contributed by atoms with Crippen LogP contribution in [0.25, 0.3) is 0 Å². The van der Waals surface area contributed by atoms with E-state index in [-0.39, 0.29) is 5.54 Å². The zero-order chi connectivity index (χ0) is 15.6. The SMILES string of the molecule is CNC1(C)CN(c2cc(COC3CCCCC3)nc(N)n2)C1. The summed E-state index contributed by atoms with van der Waals surface area (Å²) in [6.45, 7) is 4.61. The fourth-order valence-electron chi connectivity index (χ4n) is 3.29. The standard InChI is InChI=1S/C16H27N5O/c1-16(18-2)10-21(11-16)14-8-12(19-15(17)20-14)9-22-13-6-4-3-5-7-13/h8,13,18H,3-7,9-11H2,1-2H3,(H2,17,19,20). The minimum atomic E-state index is 0.165. The van der Waals surface area contributed by atoms with Gasteiger partial charge in [-0.25, -0.2) is 4.98 Å². The van der Waals surface area contributed by atoms with Crippen molar-refractivity contribution in [3.05, 3.63) is 11.8 Å². The Morgan fingerprint density at radius 1 is 1.32 bits per heavy atom. The van der Waals surface area contributed by atoms with Crippen LogP contribution in [0.15, 0.2) is 6.07 Å². The lowest BCUT2D eigenvalue weighted by Gasteiger charge is -2.48. The van der Waals surface area contributed by atoms with Gasteiger partial charge in [-0.05, 0) is 26.8 Å². The summed E-state index contributed by atoms with van der Waals surface area (Å²) in [5.74, 6) is 1.24. The molecule has 3 rings (SSSR count). The number of nitrogens with zero attached hydrogens (tertiary/aromatic N) is 3. The van der Waals surface area contributed by atoms with Crippen LogP contribution in [0.1, 0.15) is 44.7 Å². The lowest BCUT2D eigenvalue weighted by atomic mass is 9.92. The fourth-order valence-corrected chi connectivity index (χ4v) is 3.29. The topological polar surface area (TPSA) is 76.3 Å². The number of nitrogen functional groups attached to an aromatic ring is 1. The van der Waals surface area contributed by atoms with Crippen LogP contribution in [0.3, 0.4) is 0 Å². The molecule has 122 valence electrons. The first-order valence-corrected chi connectivity index (χ1v) is 8.27. The minimum Gasteiger partial charge on any atom is -0.372 e. The molecule has 2 fully saturated rings. The quantitative estimate of drug-likeness (QED) is 0.862. The first-order chi connectivity index (χ1) is 10.6. The Morgan fingerprint density at radius 2 is 2.05 bits per heavy atom. The van der Waals surface area contributed by atoms with Crippen LogP contribution in [0, 0.1) is 0 Å². The van der Waals surface area contributed by atoms with E-state index in [1.165, 1.54) is 32.1 Å². The molecule has 1 aromatic rings. The van der Waals surface area contributed by atoms with Crippen LogP contribution in [0.4, 0.5) is 11.8 Å². The van der Waals surface area contributed by atoms with Gasteiger partial charge in [0.05, 0.1) is 23.9 Å². The molecule has 0 bridgehead atoms. The number of hydrogen-bond donors (Lipinski definition) is 2. The van der Waals surface area contributed by atoms with Gasteiger partial charge in [0.2, 0.25) is 5.95 Å². The van der Waals surface area contributed by atoms with Crippen molar-refractivity contribution in [3.8, 4) is 0 Å². The number of anilines is 2. The Labute approximate surface area is 132 Å². The molecular weight excluding hydrogens is 278 g/mol. The first-order valence-electron chi connectivity index (χ1n) is 8.27. The number of likely N-dealkylation sites (N-methyl/N-ethyl adjacent to an activating group) is 1. The molecular formula is C16H27N5O. The molecule has 6 nitrogen and oxygen atoms in total. The highest BCUT2D eigenvalue weighted by Gasteiger charge is 2.38. The van der Waals surface area contributed by atoms with Crippen molar-refractivity contribution in [2.45, 2.75) is 57.3 Å². The van der Waals surface area contributed by atoms with Gasteiger partial charge in [0.15, 0.2) is 0 Å². The van der Waals surface area contributed by atoms with Gasteiger partial charge in [-0.1, -0.05) is 19.3 Å². The molecule has 0 amide bonds. The summed E-state index contributed by atoms with van der Waals surface area (Å²) in [6, 6.07) is 2.01. The normalized spacial score (nSPS) is 21.6. The number of aromatic nitrogens is 2. The van der Waals surface area contributed by atoms with E-state index in [4.69, 9.17) is 10.5 Å². The molecule has 0 aromatic carbocycles. The lowest BCUT2D eigenvalue weighted by molar-refractivity contribution is 0.0153. The molecule has 1 saturated heterocycles. The maximum Gasteiger partial charge on any atom is 0.222 e. The zero-order valence-corrected chi connectivity index (χ0v) is 13.6. The third kappa shape index (κ3) is 3.50. The fraction of sp³-hybridized carbons (Fsp3) is 0.750. The minimum absolute atomic E-state index is 0.165. The Hall–Kier alpha value is -1.40. The summed E-state index contributed by atoms with van der Waals surface area (Å²) in [6.07, 6.45) is 6.60. The molecule has 22 heavy (non-hydrogen) atoms. The van der Waals surface area contributed by atoms with E-state index in [0.29, 0.717) is 18.7 Å². The summed E-state index contributed by atoms with van der Waals surface area (Å²) in [5.41, 5.74) is 6.91. The van der Waals surface area contributed by atoms with Crippen LogP contribution in [-0.2, 0) is 11.3 Å². The van der Waals surface area contributed by atoms with Gasteiger partial charge in [-0.3, -0.25) is 0 Å². The van der Waals surface area contributed by atoms with Gasteiger partial charge in [0.25, 0.3) is 0 Å². The van der Waals surface area contributed by atoms with Crippen molar-refractivity contribution in [1.29, 1.82) is 0 Å². The van der Waals surface area contributed by atoms with Crippen LogP contribution < -0.4 is 16.0 Å². The van der Waals surface area contributed by atoms with Crippen molar-refractivity contribution < 1.29 is 4.74 Å². The maximum atomic E-state index is 6.00. The average molecular weight is 305 g/mol. The Kier molecular flexibility index (Phi) is 4.49. The lowest BCUT2D eigenvalue weighted by Crippen LogP contribution is -2.67. The number of nitrogens with two attached hydrogens (primary N) is 1. The molecule has 1 aliphatic heterocycles. The smallest absolute Gasteiger partial charge is 0.222 e. The second-order valence-electron chi connectivity index (χ2n) is 6.81. The average Bonchev–Trinajstić information content (AvgIpc) is 2.50. The van der Waals surface area contributed by atoms with Crippen LogP contribution in [-0.4, -0.2) is 41.7 Å². The van der Waals surface area contributed by atoms with Gasteiger partial charge in [0.1, 0.15) is 5.82 Å². The molecule has 6 heteroatoms. The summed E-state index contributed by atoms with van der Waals surface area (Å²) in [4.78, 5) is 10.9. The number of hydrogen-bond acceptors (Lipinski definition) is 6. The molecule has 1 saturated carbocycles. The molecule has 1 aromatic heterocycles. The summed E-state index contributed by atoms with van der Waals surface area (Å²) in [5, 5.41) is 3.33. The van der Waals surface area contributed by atoms with Gasteiger partial charge in [-0.2, -0.15) is 4.98 Å². The molecule has 0 atom stereocenters. The van der Waals surface area contributed by atoms with Gasteiger partial charge < -0.3 is 20.7 Å². The summed E-state index contributed by atoms with van der Waals surface area (Å²) >= 11 is 0. The van der Waals surface area contributed by atoms with Crippen LogP contribution in [0.2, 0.25) is 0 Å². The van der Waals surface area contributed by atoms with Crippen molar-refractivity contribution in [2.24, 2.45) is 0 Å². The van der Waals surface area contributed by atoms with E-state index in [1.807, 2.05) is 13.1 Å². The molecule has 0 spiro atoms. The molecule has 2 aliphatic rings. The van der Waals surface area contributed by atoms with Gasteiger partial charge in [0, 0.05) is 19.2 Å². The van der Waals surface area contributed by atoms with E-state index in [1.54, 1.807) is 0 Å². The van der Waals surface area contributed by atoms with Crippen molar-refractivity contribution >= 4 is 11.8 Å². The van der Waals surface area contributed by atoms with Crippen molar-refractivity contribution in [2.75, 3.05) is 30.8 Å². The predicted octanol–water partition coefficient (Wildman–Crippen LogP) is 1.71. The molecule has 3 N–H and O–H groups in total. The monoisotopic (exact) mass is 305 g/mol. The maximum absolute atomic E-state index is 6.00. The summed E-state index contributed by atoms with van der Waals surface area (Å²) < 4.78 is 6.00. The molecule has 0 unspecified atom stereocenters. The van der Waals surface area contributed by atoms with Crippen molar-refractivity contribution in [1.82, 2.24) is 15.3 Å². The largest absolute Gasteiger partial charge is 0.372 e. The summed E-state index contributed by atoms with van der Waals surface area (Å²) in [7, 11) is 2.00. The molecule has 0 radical (unpaired) electrons. The second kappa shape index (κ2) is 6.38. The second-order valence-corrected chi connectivity index (χ2v) is 6.81. The highest BCUT2D eigenvalue weighted by atomic mass is 16.5. The molecule has 1 aliphatic carbocycles. The van der Waals surface area contributed by atoms with E-state index >= 15 is 0 Å². The van der Waals surface area contributed by atoms with E-state index < -0.39 is 0 Å². The highest BCUT2D eigenvalue weighted by molar-refractivity contribution is 5.47. The van der Waals surface area contributed by atoms with Crippen LogP contribution >= 0.6 is 0 Å². The van der Waals surface area contributed by atoms with Gasteiger partial charge >= 0.3 is 0 Å². The number of nitrogens with one attached hydrogen (secondary N) is 1. The van der Waals surface area contributed by atoms with E-state index in [9.17, 15) is 0 Å². The van der Waals surface area contributed by atoms with E-state index in [0.717, 1.165) is 24.6 Å². The van der Waals surface area contributed by atoms with Crippen molar-refractivity contribution in [3.63, 3.8) is 0 Å². The van der Waals surface area contributed by atoms with Crippen LogP contribution in [0.5, 0.6) is 0 Å². The number of rotatable bonds is 5. The Bertz CT molecular complexity index is 509. The third-order valence-corrected chi connectivity index (χ3v) is 4.81. The Morgan fingerprint density at radius 3 is 2.73 bits per heavy atom. The zero-order valence-electron chi connectivity index (χ0n) is 13.6. The number of ether oxygens (including phenoxy) is 1. The van der Waals surface area contributed by atoms with E-state index in [2.05, 4.69) is 27.1 Å². The Balaban J connectivity index is 1.60.